The van der Waals surface area contributed by atoms with Crippen LogP contribution in [0.5, 0.6) is 0 Å². The Labute approximate surface area is 153 Å². The van der Waals surface area contributed by atoms with E-state index in [9.17, 15) is 19.5 Å². The van der Waals surface area contributed by atoms with E-state index >= 15 is 0 Å². The predicted molar refractivity (Wildman–Crippen MR) is 95.2 cm³/mol. The second-order valence-corrected chi connectivity index (χ2v) is 7.71. The lowest BCUT2D eigenvalue weighted by atomic mass is 10.1. The Balaban J connectivity index is 4.45. The summed E-state index contributed by atoms with van der Waals surface area (Å²) in [5.41, 5.74) is 0.856. The highest BCUT2D eigenvalue weighted by molar-refractivity contribution is 7.98. The Bertz CT molecular complexity index is 439. The number of aliphatic hydroxyl groups excluding tert-OH is 1. The smallest absolute Gasteiger partial charge is 0.329 e. The number of aliphatic hydroxyl groups is 1. The van der Waals surface area contributed by atoms with Crippen molar-refractivity contribution in [3.8, 4) is 0 Å². The molecule has 0 aliphatic carbocycles. The number of ether oxygens (including phenoxy) is 1. The van der Waals surface area contributed by atoms with Crippen LogP contribution in [0, 0.1) is 0 Å². The van der Waals surface area contributed by atoms with E-state index in [2.05, 4.69) is 5.32 Å². The van der Waals surface area contributed by atoms with Gasteiger partial charge in [0.15, 0.2) is 0 Å². The minimum Gasteiger partial charge on any atom is -0.458 e. The molecule has 1 unspecified atom stereocenters. The summed E-state index contributed by atoms with van der Waals surface area (Å²) < 4.78 is 5.31. The van der Waals surface area contributed by atoms with E-state index in [1.54, 1.807) is 32.5 Å². The Hall–Kier alpha value is -1.32. The molecule has 0 saturated carbocycles. The van der Waals surface area contributed by atoms with Crippen molar-refractivity contribution in [1.82, 2.24) is 10.8 Å². The van der Waals surface area contributed by atoms with E-state index in [-0.39, 0.29) is 19.3 Å². The van der Waals surface area contributed by atoms with Crippen LogP contribution in [0.25, 0.3) is 0 Å². The van der Waals surface area contributed by atoms with Gasteiger partial charge in [-0.25, -0.2) is 10.3 Å². The highest BCUT2D eigenvalue weighted by Gasteiger charge is 2.26. The van der Waals surface area contributed by atoms with Gasteiger partial charge in [-0.1, -0.05) is 0 Å². The third kappa shape index (κ3) is 12.7. The normalized spacial score (nSPS) is 13.7. The highest BCUT2D eigenvalue weighted by Crippen LogP contribution is 2.12. The Kier molecular flexibility index (Phi) is 11.5. The number of rotatable bonds is 11. The molecular formula is C16H30N2O6S. The van der Waals surface area contributed by atoms with Crippen LogP contribution in [0.1, 0.15) is 52.9 Å². The van der Waals surface area contributed by atoms with Gasteiger partial charge in [-0.05, 0) is 52.0 Å². The van der Waals surface area contributed by atoms with Gasteiger partial charge in [-0.3, -0.25) is 14.8 Å². The fourth-order valence-electron chi connectivity index (χ4n) is 1.98. The summed E-state index contributed by atoms with van der Waals surface area (Å²) in [5, 5.41) is 20.8. The van der Waals surface area contributed by atoms with Gasteiger partial charge in [0.2, 0.25) is 11.8 Å². The van der Waals surface area contributed by atoms with Crippen molar-refractivity contribution in [2.24, 2.45) is 0 Å². The van der Waals surface area contributed by atoms with Crippen LogP contribution in [-0.4, -0.2) is 57.9 Å². The third-order valence-corrected chi connectivity index (χ3v) is 3.77. The van der Waals surface area contributed by atoms with Gasteiger partial charge in [0.05, 0.1) is 12.5 Å². The minimum absolute atomic E-state index is 0.0590. The summed E-state index contributed by atoms with van der Waals surface area (Å²) in [5.74, 6) is -0.804. The maximum absolute atomic E-state index is 12.2. The van der Waals surface area contributed by atoms with Crippen LogP contribution in [-0.2, 0) is 19.1 Å². The number of hydrogen-bond donors (Lipinski definition) is 4. The number of esters is 1. The average Bonchev–Trinajstić information content (AvgIpc) is 2.49. The van der Waals surface area contributed by atoms with Crippen molar-refractivity contribution in [3.05, 3.63) is 0 Å². The number of hydrogen-bond acceptors (Lipinski definition) is 7. The maximum Gasteiger partial charge on any atom is 0.329 e. The summed E-state index contributed by atoms with van der Waals surface area (Å²) in [7, 11) is 0. The maximum atomic E-state index is 12.2. The molecule has 25 heavy (non-hydrogen) atoms. The van der Waals surface area contributed by atoms with E-state index in [0.717, 1.165) is 0 Å². The zero-order valence-electron chi connectivity index (χ0n) is 15.3. The molecule has 0 aliphatic rings. The molecule has 0 aliphatic heterocycles. The summed E-state index contributed by atoms with van der Waals surface area (Å²) >= 11 is 1.56. The van der Waals surface area contributed by atoms with Crippen molar-refractivity contribution < 1.29 is 29.4 Å². The summed E-state index contributed by atoms with van der Waals surface area (Å²) in [6.07, 6.45) is 1.88. The zero-order valence-corrected chi connectivity index (χ0v) is 16.1. The van der Waals surface area contributed by atoms with Crippen LogP contribution in [0.2, 0.25) is 0 Å². The molecule has 146 valence electrons. The number of nitrogens with one attached hydrogen (secondary N) is 2. The van der Waals surface area contributed by atoms with E-state index in [0.29, 0.717) is 18.6 Å². The lowest BCUT2D eigenvalue weighted by Crippen LogP contribution is -2.45. The molecule has 0 aromatic heterocycles. The highest BCUT2D eigenvalue weighted by atomic mass is 32.2. The average molecular weight is 378 g/mol. The molecule has 9 heteroatoms. The molecule has 0 saturated heterocycles. The molecule has 0 radical (unpaired) electrons. The van der Waals surface area contributed by atoms with Gasteiger partial charge < -0.3 is 15.2 Å². The largest absolute Gasteiger partial charge is 0.458 e. The van der Waals surface area contributed by atoms with Crippen molar-refractivity contribution in [2.75, 3.05) is 12.0 Å². The van der Waals surface area contributed by atoms with Gasteiger partial charge in [-0.2, -0.15) is 11.8 Å². The molecule has 2 amide bonds. The first-order chi connectivity index (χ1) is 11.6. The van der Waals surface area contributed by atoms with Gasteiger partial charge in [0, 0.05) is 6.42 Å². The number of carbonyl (C=O) groups excluding carboxylic acids is 3. The van der Waals surface area contributed by atoms with Gasteiger partial charge >= 0.3 is 5.97 Å². The molecule has 8 nitrogen and oxygen atoms in total. The quantitative estimate of drug-likeness (QED) is 0.240. The zero-order chi connectivity index (χ0) is 19.5. The lowest BCUT2D eigenvalue weighted by molar-refractivity contribution is -0.158. The molecule has 0 bridgehead atoms. The van der Waals surface area contributed by atoms with Crippen LogP contribution >= 0.6 is 11.8 Å². The molecule has 0 aromatic carbocycles. The molecule has 0 fully saturated rings. The first-order valence-electron chi connectivity index (χ1n) is 8.21. The Morgan fingerprint density at radius 2 is 1.80 bits per heavy atom. The molecule has 4 N–H and O–H groups in total. The summed E-state index contributed by atoms with van der Waals surface area (Å²) in [6.45, 7) is 5.26. The fraction of sp³-hybridized carbons (Fsp3) is 0.812. The molecule has 0 spiro atoms. The Morgan fingerprint density at radius 3 is 2.32 bits per heavy atom. The molecule has 0 heterocycles. The van der Waals surface area contributed by atoms with Crippen molar-refractivity contribution >= 4 is 29.5 Å². The van der Waals surface area contributed by atoms with E-state index in [1.165, 1.54) is 5.48 Å². The van der Waals surface area contributed by atoms with E-state index in [4.69, 9.17) is 9.94 Å². The van der Waals surface area contributed by atoms with Gasteiger partial charge in [0.1, 0.15) is 11.6 Å². The Morgan fingerprint density at radius 1 is 1.16 bits per heavy atom. The standard InChI is InChI=1S/C16H30N2O6S/c1-16(2,3)24-15(22)12(8-9-25-4)17-14(21)10-11(19)6-5-7-13(20)18-23/h11-12,19,23H,5-10H2,1-4H3,(H,17,21)(H,18,20)/t11?,12-/m1/s1. The van der Waals surface area contributed by atoms with Crippen LogP contribution in [0.3, 0.4) is 0 Å². The topological polar surface area (TPSA) is 125 Å². The van der Waals surface area contributed by atoms with Crippen molar-refractivity contribution in [2.45, 2.75) is 70.6 Å². The number of carbonyl (C=O) groups is 3. The van der Waals surface area contributed by atoms with Crippen LogP contribution in [0.4, 0.5) is 0 Å². The minimum atomic E-state index is -0.925. The van der Waals surface area contributed by atoms with Gasteiger partial charge in [0.25, 0.3) is 0 Å². The van der Waals surface area contributed by atoms with E-state index in [1.807, 2.05) is 6.26 Å². The predicted octanol–water partition coefficient (Wildman–Crippen LogP) is 0.993. The van der Waals surface area contributed by atoms with E-state index < -0.39 is 35.5 Å². The second kappa shape index (κ2) is 12.1. The molecule has 2 atom stereocenters. The lowest BCUT2D eigenvalue weighted by Gasteiger charge is -2.24. The van der Waals surface area contributed by atoms with Gasteiger partial charge in [-0.15, -0.1) is 0 Å². The van der Waals surface area contributed by atoms with Crippen molar-refractivity contribution in [3.63, 3.8) is 0 Å². The monoisotopic (exact) mass is 378 g/mol. The number of thioether (sulfide) groups is 1. The second-order valence-electron chi connectivity index (χ2n) is 6.72. The molecular weight excluding hydrogens is 348 g/mol. The molecule has 0 rings (SSSR count). The van der Waals surface area contributed by atoms with Crippen LogP contribution in [0.15, 0.2) is 0 Å². The first kappa shape index (κ1) is 23.7. The SMILES string of the molecule is CSCC[C@@H](NC(=O)CC(O)CCCC(=O)NO)C(=O)OC(C)(C)C. The van der Waals surface area contributed by atoms with Crippen LogP contribution < -0.4 is 10.8 Å². The fourth-order valence-corrected chi connectivity index (χ4v) is 2.45. The number of amides is 2. The summed E-state index contributed by atoms with van der Waals surface area (Å²) in [4.78, 5) is 35.1. The van der Waals surface area contributed by atoms with Crippen molar-refractivity contribution in [1.29, 1.82) is 0 Å². The molecule has 0 aromatic rings. The first-order valence-corrected chi connectivity index (χ1v) is 9.60. The third-order valence-electron chi connectivity index (χ3n) is 3.12. The number of hydroxylamine groups is 1. The summed E-state index contributed by atoms with van der Waals surface area (Å²) in [6, 6.07) is -0.758.